The van der Waals surface area contributed by atoms with E-state index in [1.807, 2.05) is 0 Å². The second kappa shape index (κ2) is 4.66. The lowest BCUT2D eigenvalue weighted by Crippen LogP contribution is -2.40. The molecule has 1 N–H and O–H groups in total. The number of carbonyl (C=O) groups is 2. The second-order valence-corrected chi connectivity index (χ2v) is 4.87. The summed E-state index contributed by atoms with van der Waals surface area (Å²) in [5, 5.41) is 10.7. The van der Waals surface area contributed by atoms with Crippen molar-refractivity contribution in [2.24, 2.45) is 5.92 Å². The number of rotatable bonds is 3. The molecule has 2 unspecified atom stereocenters. The molecule has 5 heteroatoms. The maximum atomic E-state index is 12.3. The van der Waals surface area contributed by atoms with Gasteiger partial charge in [0.05, 0.1) is 18.7 Å². The number of esters is 1. The van der Waals surface area contributed by atoms with Crippen molar-refractivity contribution < 1.29 is 19.4 Å². The minimum atomic E-state index is -1.65. The molecule has 0 spiro atoms. The molecule has 19 heavy (non-hydrogen) atoms. The zero-order valence-electron chi connectivity index (χ0n) is 11.2. The Hall–Kier alpha value is -1.88. The highest BCUT2D eigenvalue weighted by atomic mass is 16.5. The van der Waals surface area contributed by atoms with Gasteiger partial charge in [-0.2, -0.15) is 0 Å². The number of benzene rings is 1. The largest absolute Gasteiger partial charge is 0.469 e. The van der Waals surface area contributed by atoms with Gasteiger partial charge in [-0.3, -0.25) is 9.59 Å². The Balaban J connectivity index is 2.38. The number of anilines is 1. The van der Waals surface area contributed by atoms with Crippen LogP contribution in [0.4, 0.5) is 5.69 Å². The molecule has 0 saturated heterocycles. The Labute approximate surface area is 111 Å². The summed E-state index contributed by atoms with van der Waals surface area (Å²) in [6, 6.07) is 7.05. The standard InChI is InChI=1S/C14H17NO4/c1-9(12(16)19-3)8-14(18)10-6-4-5-7-11(10)15(2)13(14)17/h4-7,9,18H,8H2,1-3H3. The Morgan fingerprint density at radius 1 is 1.47 bits per heavy atom. The number of hydrogen-bond acceptors (Lipinski definition) is 4. The fourth-order valence-corrected chi connectivity index (χ4v) is 2.54. The van der Waals surface area contributed by atoms with Gasteiger partial charge in [0, 0.05) is 19.0 Å². The third kappa shape index (κ3) is 2.00. The van der Waals surface area contributed by atoms with Crippen LogP contribution in [0.3, 0.4) is 0 Å². The van der Waals surface area contributed by atoms with Gasteiger partial charge in [-0.25, -0.2) is 0 Å². The van der Waals surface area contributed by atoms with Gasteiger partial charge in [0.25, 0.3) is 5.91 Å². The number of methoxy groups -OCH3 is 1. The molecule has 1 amide bonds. The van der Waals surface area contributed by atoms with Crippen molar-refractivity contribution in [2.75, 3.05) is 19.1 Å². The number of likely N-dealkylation sites (N-methyl/N-ethyl adjacent to an activating group) is 1. The molecule has 2 rings (SSSR count). The van der Waals surface area contributed by atoms with E-state index in [0.717, 1.165) is 0 Å². The number of hydrogen-bond donors (Lipinski definition) is 1. The molecule has 1 aliphatic heterocycles. The predicted molar refractivity (Wildman–Crippen MR) is 69.5 cm³/mol. The van der Waals surface area contributed by atoms with Gasteiger partial charge in [0.15, 0.2) is 5.60 Å². The zero-order chi connectivity index (χ0) is 14.2. The van der Waals surface area contributed by atoms with E-state index in [0.29, 0.717) is 11.3 Å². The third-order valence-electron chi connectivity index (χ3n) is 3.57. The molecule has 5 nitrogen and oxygen atoms in total. The summed E-state index contributed by atoms with van der Waals surface area (Å²) in [5.41, 5.74) is -0.441. The first kappa shape index (κ1) is 13.5. The van der Waals surface area contributed by atoms with E-state index in [1.165, 1.54) is 12.0 Å². The lowest BCUT2D eigenvalue weighted by Gasteiger charge is -2.24. The molecule has 0 fully saturated rings. The van der Waals surface area contributed by atoms with Gasteiger partial charge in [-0.05, 0) is 6.07 Å². The summed E-state index contributed by atoms with van der Waals surface area (Å²) in [7, 11) is 2.90. The van der Waals surface area contributed by atoms with Gasteiger partial charge < -0.3 is 14.7 Å². The number of aliphatic hydroxyl groups is 1. The van der Waals surface area contributed by atoms with E-state index >= 15 is 0 Å². The highest BCUT2D eigenvalue weighted by Crippen LogP contribution is 2.42. The van der Waals surface area contributed by atoms with Gasteiger partial charge in [-0.1, -0.05) is 25.1 Å². The van der Waals surface area contributed by atoms with E-state index in [-0.39, 0.29) is 6.42 Å². The molecule has 102 valence electrons. The van der Waals surface area contributed by atoms with Crippen LogP contribution in [-0.4, -0.2) is 31.1 Å². The number of carbonyl (C=O) groups excluding carboxylic acids is 2. The third-order valence-corrected chi connectivity index (χ3v) is 3.57. The fourth-order valence-electron chi connectivity index (χ4n) is 2.54. The molecule has 0 bridgehead atoms. The smallest absolute Gasteiger partial charge is 0.308 e. The van der Waals surface area contributed by atoms with Crippen molar-refractivity contribution in [1.82, 2.24) is 0 Å². The van der Waals surface area contributed by atoms with Crippen LogP contribution >= 0.6 is 0 Å². The van der Waals surface area contributed by atoms with E-state index in [1.54, 1.807) is 38.2 Å². The van der Waals surface area contributed by atoms with Crippen molar-refractivity contribution in [3.63, 3.8) is 0 Å². The molecule has 1 aromatic rings. The first-order valence-corrected chi connectivity index (χ1v) is 6.09. The average Bonchev–Trinajstić information content (AvgIpc) is 2.61. The summed E-state index contributed by atoms with van der Waals surface area (Å²) in [6.45, 7) is 1.64. The number of amides is 1. The van der Waals surface area contributed by atoms with Gasteiger partial charge in [0.2, 0.25) is 0 Å². The molecule has 2 atom stereocenters. The van der Waals surface area contributed by atoms with E-state index < -0.39 is 23.4 Å². The summed E-state index contributed by atoms with van der Waals surface area (Å²) >= 11 is 0. The first-order valence-electron chi connectivity index (χ1n) is 6.09. The fraction of sp³-hybridized carbons (Fsp3) is 0.429. The maximum absolute atomic E-state index is 12.3. The quantitative estimate of drug-likeness (QED) is 0.828. The van der Waals surface area contributed by atoms with Crippen LogP contribution in [-0.2, 0) is 19.9 Å². The van der Waals surface area contributed by atoms with Crippen molar-refractivity contribution in [2.45, 2.75) is 18.9 Å². The Kier molecular flexibility index (Phi) is 3.32. The van der Waals surface area contributed by atoms with E-state index in [2.05, 4.69) is 4.74 Å². The van der Waals surface area contributed by atoms with Crippen LogP contribution in [0.2, 0.25) is 0 Å². The van der Waals surface area contributed by atoms with Crippen LogP contribution in [0.1, 0.15) is 18.9 Å². The first-order chi connectivity index (χ1) is 8.91. The van der Waals surface area contributed by atoms with Gasteiger partial charge in [-0.15, -0.1) is 0 Å². The maximum Gasteiger partial charge on any atom is 0.308 e. The lowest BCUT2D eigenvalue weighted by molar-refractivity contribution is -0.149. The van der Waals surface area contributed by atoms with Crippen LogP contribution in [0.5, 0.6) is 0 Å². The summed E-state index contributed by atoms with van der Waals surface area (Å²) in [5.74, 6) is -1.41. The highest BCUT2D eigenvalue weighted by molar-refractivity contribution is 6.06. The number of ether oxygens (including phenoxy) is 1. The minimum Gasteiger partial charge on any atom is -0.469 e. The van der Waals surface area contributed by atoms with Crippen LogP contribution in [0, 0.1) is 5.92 Å². The van der Waals surface area contributed by atoms with E-state index in [9.17, 15) is 14.7 Å². The molecule has 1 aromatic carbocycles. The van der Waals surface area contributed by atoms with Crippen molar-refractivity contribution in [3.05, 3.63) is 29.8 Å². The Bertz CT molecular complexity index is 528. The van der Waals surface area contributed by atoms with Gasteiger partial charge >= 0.3 is 5.97 Å². The Morgan fingerprint density at radius 2 is 2.11 bits per heavy atom. The van der Waals surface area contributed by atoms with Crippen molar-refractivity contribution in [3.8, 4) is 0 Å². The number of nitrogens with zero attached hydrogens (tertiary/aromatic N) is 1. The summed E-state index contributed by atoms with van der Waals surface area (Å²) in [6.07, 6.45) is 0.0137. The summed E-state index contributed by atoms with van der Waals surface area (Å²) < 4.78 is 4.64. The zero-order valence-corrected chi connectivity index (χ0v) is 11.2. The molecular formula is C14H17NO4. The lowest BCUT2D eigenvalue weighted by atomic mass is 9.86. The molecule has 1 heterocycles. The number of para-hydroxylation sites is 1. The highest BCUT2D eigenvalue weighted by Gasteiger charge is 2.49. The monoisotopic (exact) mass is 263 g/mol. The average molecular weight is 263 g/mol. The van der Waals surface area contributed by atoms with Crippen LogP contribution < -0.4 is 4.90 Å². The summed E-state index contributed by atoms with van der Waals surface area (Å²) in [4.78, 5) is 25.2. The van der Waals surface area contributed by atoms with Gasteiger partial charge in [0.1, 0.15) is 0 Å². The topological polar surface area (TPSA) is 66.8 Å². The van der Waals surface area contributed by atoms with Crippen molar-refractivity contribution in [1.29, 1.82) is 0 Å². The second-order valence-electron chi connectivity index (χ2n) is 4.87. The molecule has 0 aromatic heterocycles. The molecule has 0 saturated carbocycles. The normalized spacial score (nSPS) is 23.2. The minimum absolute atomic E-state index is 0.0137. The molecular weight excluding hydrogens is 246 g/mol. The predicted octanol–water partition coefficient (Wildman–Crippen LogP) is 1.05. The molecule has 0 aliphatic carbocycles. The molecule has 0 radical (unpaired) electrons. The SMILES string of the molecule is COC(=O)C(C)CC1(O)C(=O)N(C)c2ccccc21. The van der Waals surface area contributed by atoms with E-state index in [4.69, 9.17) is 0 Å². The Morgan fingerprint density at radius 3 is 2.74 bits per heavy atom. The number of fused-ring (bicyclic) bond motifs is 1. The van der Waals surface area contributed by atoms with Crippen LogP contribution in [0.25, 0.3) is 0 Å². The van der Waals surface area contributed by atoms with Crippen LogP contribution in [0.15, 0.2) is 24.3 Å². The molecule has 1 aliphatic rings. The van der Waals surface area contributed by atoms with Crippen molar-refractivity contribution >= 4 is 17.6 Å².